The van der Waals surface area contributed by atoms with Crippen molar-refractivity contribution in [3.05, 3.63) is 0 Å². The lowest BCUT2D eigenvalue weighted by Gasteiger charge is -2.33. The van der Waals surface area contributed by atoms with Gasteiger partial charge in [-0.05, 0) is 38.0 Å². The maximum Gasteiger partial charge on any atom is 0.223 e. The first-order valence-corrected chi connectivity index (χ1v) is 7.59. The second-order valence-corrected chi connectivity index (χ2v) is 6.18. The molecule has 1 aliphatic carbocycles. The smallest absolute Gasteiger partial charge is 0.223 e. The second-order valence-electron chi connectivity index (χ2n) is 6.18. The quantitative estimate of drug-likeness (QED) is 0.775. The van der Waals surface area contributed by atoms with Crippen LogP contribution in [0.25, 0.3) is 0 Å². The van der Waals surface area contributed by atoms with E-state index in [2.05, 4.69) is 26.1 Å². The molecule has 4 nitrogen and oxygen atoms in total. The Morgan fingerprint density at radius 3 is 2.68 bits per heavy atom. The Bertz CT molecular complexity index is 281. The first-order valence-electron chi connectivity index (χ1n) is 7.59. The van der Waals surface area contributed by atoms with Gasteiger partial charge in [-0.25, -0.2) is 0 Å². The van der Waals surface area contributed by atoms with Gasteiger partial charge in [0.15, 0.2) is 0 Å². The summed E-state index contributed by atoms with van der Waals surface area (Å²) in [6, 6.07) is 0.272. The molecule has 4 heteroatoms. The van der Waals surface area contributed by atoms with E-state index in [1.807, 2.05) is 6.92 Å². The van der Waals surface area contributed by atoms with E-state index in [1.54, 1.807) is 0 Å². The van der Waals surface area contributed by atoms with Crippen molar-refractivity contribution in [1.29, 1.82) is 0 Å². The highest BCUT2D eigenvalue weighted by Gasteiger charge is 2.32. The molecule has 4 unspecified atom stereocenters. The van der Waals surface area contributed by atoms with E-state index in [1.165, 1.54) is 0 Å². The van der Waals surface area contributed by atoms with Crippen molar-refractivity contribution in [2.75, 3.05) is 13.2 Å². The normalized spacial score (nSPS) is 29.3. The standard InChI is InChI=1S/C15H30N2O2/c1-5-19-9-14(10(2)3)17-15(18)13-8-12(16)7-6-11(13)4/h10-14H,5-9,16H2,1-4H3,(H,17,18). The molecule has 0 aromatic rings. The fourth-order valence-corrected chi connectivity index (χ4v) is 2.66. The molecule has 1 fully saturated rings. The number of nitrogens with two attached hydrogens (primary N) is 1. The van der Waals surface area contributed by atoms with E-state index in [0.29, 0.717) is 25.0 Å². The van der Waals surface area contributed by atoms with Crippen LogP contribution in [0.15, 0.2) is 0 Å². The van der Waals surface area contributed by atoms with Gasteiger partial charge in [0.25, 0.3) is 0 Å². The van der Waals surface area contributed by atoms with Crippen LogP contribution >= 0.6 is 0 Å². The van der Waals surface area contributed by atoms with Crippen LogP contribution in [0.3, 0.4) is 0 Å². The number of rotatable bonds is 6. The average Bonchev–Trinajstić information content (AvgIpc) is 2.36. The van der Waals surface area contributed by atoms with Crippen molar-refractivity contribution < 1.29 is 9.53 Å². The monoisotopic (exact) mass is 270 g/mol. The minimum Gasteiger partial charge on any atom is -0.380 e. The van der Waals surface area contributed by atoms with Gasteiger partial charge in [-0.1, -0.05) is 20.8 Å². The third-order valence-electron chi connectivity index (χ3n) is 4.21. The molecule has 0 heterocycles. The van der Waals surface area contributed by atoms with Gasteiger partial charge in [0.05, 0.1) is 12.6 Å². The lowest BCUT2D eigenvalue weighted by atomic mass is 9.77. The molecule has 4 atom stereocenters. The summed E-state index contributed by atoms with van der Waals surface area (Å²) in [5, 5.41) is 3.15. The van der Waals surface area contributed by atoms with Gasteiger partial charge < -0.3 is 15.8 Å². The van der Waals surface area contributed by atoms with Gasteiger partial charge in [-0.15, -0.1) is 0 Å². The first kappa shape index (κ1) is 16.4. The van der Waals surface area contributed by atoms with Crippen LogP contribution in [-0.4, -0.2) is 31.2 Å². The molecule has 0 radical (unpaired) electrons. The van der Waals surface area contributed by atoms with Crippen molar-refractivity contribution >= 4 is 5.91 Å². The molecule has 1 amide bonds. The predicted molar refractivity (Wildman–Crippen MR) is 77.7 cm³/mol. The summed E-state index contributed by atoms with van der Waals surface area (Å²) in [6.07, 6.45) is 2.90. The highest BCUT2D eigenvalue weighted by atomic mass is 16.5. The summed E-state index contributed by atoms with van der Waals surface area (Å²) in [5.74, 6) is 1.02. The lowest BCUT2D eigenvalue weighted by molar-refractivity contribution is -0.129. The third kappa shape index (κ3) is 5.11. The van der Waals surface area contributed by atoms with Gasteiger partial charge in [-0.2, -0.15) is 0 Å². The van der Waals surface area contributed by atoms with Crippen LogP contribution in [0.4, 0.5) is 0 Å². The minimum absolute atomic E-state index is 0.0617. The summed E-state index contributed by atoms with van der Waals surface area (Å²) in [4.78, 5) is 12.4. The molecule has 112 valence electrons. The summed E-state index contributed by atoms with van der Waals surface area (Å²) in [7, 11) is 0. The van der Waals surface area contributed by atoms with Gasteiger partial charge in [-0.3, -0.25) is 4.79 Å². The molecular formula is C15H30N2O2. The SMILES string of the molecule is CCOCC(NC(=O)C1CC(N)CCC1C)C(C)C. The molecule has 0 saturated heterocycles. The zero-order valence-corrected chi connectivity index (χ0v) is 12.8. The Hall–Kier alpha value is -0.610. The van der Waals surface area contributed by atoms with Gasteiger partial charge in [0.2, 0.25) is 5.91 Å². The maximum absolute atomic E-state index is 12.4. The Labute approximate surface area is 117 Å². The topological polar surface area (TPSA) is 64.3 Å². The summed E-state index contributed by atoms with van der Waals surface area (Å²) in [6.45, 7) is 9.63. The Balaban J connectivity index is 2.54. The summed E-state index contributed by atoms with van der Waals surface area (Å²) in [5.41, 5.74) is 5.99. The predicted octanol–water partition coefficient (Wildman–Crippen LogP) is 1.93. The van der Waals surface area contributed by atoms with Crippen molar-refractivity contribution in [3.8, 4) is 0 Å². The van der Waals surface area contributed by atoms with E-state index < -0.39 is 0 Å². The van der Waals surface area contributed by atoms with Crippen molar-refractivity contribution in [2.45, 2.75) is 59.0 Å². The highest BCUT2D eigenvalue weighted by Crippen LogP contribution is 2.29. The molecule has 1 aliphatic rings. The summed E-state index contributed by atoms with van der Waals surface area (Å²) < 4.78 is 5.45. The molecule has 0 bridgehead atoms. The molecule has 0 aliphatic heterocycles. The Kier molecular flexibility index (Phi) is 6.80. The number of hydrogen-bond acceptors (Lipinski definition) is 3. The van der Waals surface area contributed by atoms with Crippen LogP contribution in [0.5, 0.6) is 0 Å². The number of nitrogens with one attached hydrogen (secondary N) is 1. The van der Waals surface area contributed by atoms with E-state index in [4.69, 9.17) is 10.5 Å². The first-order chi connectivity index (χ1) is 8.95. The molecule has 0 aromatic heterocycles. The van der Waals surface area contributed by atoms with Crippen LogP contribution in [0.1, 0.15) is 47.0 Å². The van der Waals surface area contributed by atoms with Gasteiger partial charge in [0, 0.05) is 18.6 Å². The molecule has 3 N–H and O–H groups in total. The molecule has 0 aromatic carbocycles. The zero-order chi connectivity index (χ0) is 14.4. The number of amides is 1. The fourth-order valence-electron chi connectivity index (χ4n) is 2.66. The van der Waals surface area contributed by atoms with E-state index in [9.17, 15) is 4.79 Å². The van der Waals surface area contributed by atoms with Crippen LogP contribution in [-0.2, 0) is 9.53 Å². The van der Waals surface area contributed by atoms with Crippen LogP contribution in [0, 0.1) is 17.8 Å². The van der Waals surface area contributed by atoms with Crippen LogP contribution < -0.4 is 11.1 Å². The lowest BCUT2D eigenvalue weighted by Crippen LogP contribution is -2.48. The minimum atomic E-state index is 0.0617. The number of carbonyl (C=O) groups is 1. The maximum atomic E-state index is 12.4. The van der Waals surface area contributed by atoms with Crippen molar-refractivity contribution in [2.24, 2.45) is 23.5 Å². The molecule has 1 rings (SSSR count). The van der Waals surface area contributed by atoms with Gasteiger partial charge >= 0.3 is 0 Å². The molecule has 1 saturated carbocycles. The zero-order valence-electron chi connectivity index (χ0n) is 12.8. The largest absolute Gasteiger partial charge is 0.380 e. The van der Waals surface area contributed by atoms with Crippen LogP contribution in [0.2, 0.25) is 0 Å². The van der Waals surface area contributed by atoms with E-state index in [0.717, 1.165) is 19.3 Å². The highest BCUT2D eigenvalue weighted by molar-refractivity contribution is 5.79. The Morgan fingerprint density at radius 2 is 2.11 bits per heavy atom. The summed E-state index contributed by atoms with van der Waals surface area (Å²) >= 11 is 0. The molecule has 0 spiro atoms. The second kappa shape index (κ2) is 7.85. The molecular weight excluding hydrogens is 240 g/mol. The number of ether oxygens (including phenoxy) is 1. The third-order valence-corrected chi connectivity index (χ3v) is 4.21. The van der Waals surface area contributed by atoms with Crippen molar-refractivity contribution in [1.82, 2.24) is 5.32 Å². The van der Waals surface area contributed by atoms with E-state index in [-0.39, 0.29) is 23.9 Å². The van der Waals surface area contributed by atoms with Crippen molar-refractivity contribution in [3.63, 3.8) is 0 Å². The molecule has 19 heavy (non-hydrogen) atoms. The van der Waals surface area contributed by atoms with Gasteiger partial charge in [0.1, 0.15) is 0 Å². The fraction of sp³-hybridized carbons (Fsp3) is 0.933. The number of hydrogen-bond donors (Lipinski definition) is 2. The van der Waals surface area contributed by atoms with E-state index >= 15 is 0 Å². The average molecular weight is 270 g/mol. The number of carbonyl (C=O) groups excluding carboxylic acids is 1. The Morgan fingerprint density at radius 1 is 1.42 bits per heavy atom.